The number of rotatable bonds is 4. The third-order valence-electron chi connectivity index (χ3n) is 3.22. The standard InChI is InChI=1S/C16H13F3N4O/c1-20-10-2-4-11(5-3-10)24-12-6-7-21-13(8-12)15-22-9-14(23-15)16(17,18)19/h2-9,20H,1H3,(H,22,23). The average molecular weight is 334 g/mol. The van der Waals surface area contributed by atoms with Gasteiger partial charge < -0.3 is 15.0 Å². The van der Waals surface area contributed by atoms with Gasteiger partial charge in [-0.25, -0.2) is 4.98 Å². The molecule has 2 heterocycles. The highest BCUT2D eigenvalue weighted by Gasteiger charge is 2.33. The van der Waals surface area contributed by atoms with Crippen LogP contribution in [-0.2, 0) is 6.18 Å². The summed E-state index contributed by atoms with van der Waals surface area (Å²) in [5, 5.41) is 2.99. The summed E-state index contributed by atoms with van der Waals surface area (Å²) in [4.78, 5) is 10.0. The van der Waals surface area contributed by atoms with Gasteiger partial charge >= 0.3 is 6.18 Å². The molecule has 1 aromatic carbocycles. The number of aromatic amines is 1. The van der Waals surface area contributed by atoms with Crippen LogP contribution in [0.5, 0.6) is 11.5 Å². The zero-order valence-corrected chi connectivity index (χ0v) is 12.6. The first-order valence-corrected chi connectivity index (χ1v) is 7.00. The van der Waals surface area contributed by atoms with Gasteiger partial charge in [0.1, 0.15) is 17.2 Å². The molecule has 0 saturated carbocycles. The fourth-order valence-electron chi connectivity index (χ4n) is 2.03. The SMILES string of the molecule is CNc1ccc(Oc2ccnc(-c3nc(C(F)(F)F)c[nH]3)c2)cc1. The van der Waals surface area contributed by atoms with Gasteiger partial charge in [-0.15, -0.1) is 0 Å². The zero-order valence-electron chi connectivity index (χ0n) is 12.6. The molecule has 0 saturated heterocycles. The number of benzene rings is 1. The van der Waals surface area contributed by atoms with Gasteiger partial charge in [0, 0.05) is 31.2 Å². The van der Waals surface area contributed by atoms with Crippen LogP contribution in [-0.4, -0.2) is 22.0 Å². The van der Waals surface area contributed by atoms with E-state index in [1.165, 1.54) is 12.3 Å². The predicted molar refractivity (Wildman–Crippen MR) is 82.9 cm³/mol. The number of hydrogen-bond donors (Lipinski definition) is 2. The maximum absolute atomic E-state index is 12.6. The van der Waals surface area contributed by atoms with Crippen LogP contribution < -0.4 is 10.1 Å². The number of H-pyrrole nitrogens is 1. The second-order valence-electron chi connectivity index (χ2n) is 4.89. The average Bonchev–Trinajstić information content (AvgIpc) is 3.06. The van der Waals surface area contributed by atoms with Gasteiger partial charge in [-0.05, 0) is 30.3 Å². The lowest BCUT2D eigenvalue weighted by atomic mass is 10.3. The number of ether oxygens (including phenoxy) is 1. The Bertz CT molecular complexity index is 828. The first-order valence-electron chi connectivity index (χ1n) is 7.00. The van der Waals surface area contributed by atoms with E-state index in [-0.39, 0.29) is 11.5 Å². The number of halogens is 3. The van der Waals surface area contributed by atoms with Gasteiger partial charge in [0.05, 0.1) is 0 Å². The van der Waals surface area contributed by atoms with Crippen LogP contribution in [0.25, 0.3) is 11.5 Å². The molecule has 0 aliphatic carbocycles. The Morgan fingerprint density at radius 3 is 2.46 bits per heavy atom. The molecule has 8 heteroatoms. The topological polar surface area (TPSA) is 62.8 Å². The quantitative estimate of drug-likeness (QED) is 0.746. The normalized spacial score (nSPS) is 11.3. The van der Waals surface area contributed by atoms with Crippen molar-refractivity contribution in [2.24, 2.45) is 0 Å². The van der Waals surface area contributed by atoms with Crippen LogP contribution in [0, 0.1) is 0 Å². The smallest absolute Gasteiger partial charge is 0.434 e. The van der Waals surface area contributed by atoms with Crippen LogP contribution in [0.15, 0.2) is 48.8 Å². The van der Waals surface area contributed by atoms with E-state index >= 15 is 0 Å². The van der Waals surface area contributed by atoms with Gasteiger partial charge in [0.25, 0.3) is 0 Å². The number of hydrogen-bond acceptors (Lipinski definition) is 4. The Balaban J connectivity index is 1.82. The van der Waals surface area contributed by atoms with E-state index in [2.05, 4.69) is 20.3 Å². The monoisotopic (exact) mass is 334 g/mol. The lowest BCUT2D eigenvalue weighted by Gasteiger charge is -2.07. The molecule has 0 aliphatic rings. The number of anilines is 1. The minimum Gasteiger partial charge on any atom is -0.457 e. The van der Waals surface area contributed by atoms with E-state index in [0.29, 0.717) is 11.5 Å². The second kappa shape index (κ2) is 6.23. The van der Waals surface area contributed by atoms with Crippen LogP contribution >= 0.6 is 0 Å². The van der Waals surface area contributed by atoms with Crippen molar-refractivity contribution in [3.63, 3.8) is 0 Å². The molecular formula is C16H13F3N4O. The highest BCUT2D eigenvalue weighted by atomic mass is 19.4. The Kier molecular flexibility index (Phi) is 4.11. The Morgan fingerprint density at radius 1 is 1.08 bits per heavy atom. The number of pyridine rings is 1. The van der Waals surface area contributed by atoms with Gasteiger partial charge in [-0.1, -0.05) is 0 Å². The Hall–Kier alpha value is -3.03. The van der Waals surface area contributed by atoms with E-state index in [1.54, 1.807) is 18.2 Å². The van der Waals surface area contributed by atoms with Crippen molar-refractivity contribution in [2.45, 2.75) is 6.18 Å². The molecule has 3 aromatic rings. The first kappa shape index (κ1) is 15.9. The fourth-order valence-corrected chi connectivity index (χ4v) is 2.03. The Morgan fingerprint density at radius 2 is 1.83 bits per heavy atom. The summed E-state index contributed by atoms with van der Waals surface area (Å²) >= 11 is 0. The second-order valence-corrected chi connectivity index (χ2v) is 4.89. The van der Waals surface area contributed by atoms with Crippen molar-refractivity contribution in [1.29, 1.82) is 0 Å². The van der Waals surface area contributed by atoms with Gasteiger partial charge in [-0.3, -0.25) is 4.98 Å². The van der Waals surface area contributed by atoms with Crippen molar-refractivity contribution in [1.82, 2.24) is 15.0 Å². The molecule has 0 unspecified atom stereocenters. The zero-order chi connectivity index (χ0) is 17.2. The maximum atomic E-state index is 12.6. The van der Waals surface area contributed by atoms with Crippen LogP contribution in [0.1, 0.15) is 5.69 Å². The van der Waals surface area contributed by atoms with Crippen molar-refractivity contribution >= 4 is 5.69 Å². The highest BCUT2D eigenvalue weighted by Crippen LogP contribution is 2.30. The van der Waals surface area contributed by atoms with Crippen molar-refractivity contribution in [3.8, 4) is 23.0 Å². The first-order chi connectivity index (χ1) is 11.5. The number of nitrogens with one attached hydrogen (secondary N) is 2. The molecule has 3 rings (SSSR count). The van der Waals surface area contributed by atoms with E-state index in [9.17, 15) is 13.2 Å². The molecule has 5 nitrogen and oxygen atoms in total. The molecule has 0 spiro atoms. The molecule has 0 amide bonds. The van der Waals surface area contributed by atoms with Crippen LogP contribution in [0.3, 0.4) is 0 Å². The minimum atomic E-state index is -4.50. The van der Waals surface area contributed by atoms with E-state index in [1.807, 2.05) is 19.2 Å². The molecule has 2 N–H and O–H groups in total. The molecule has 124 valence electrons. The van der Waals surface area contributed by atoms with Crippen LogP contribution in [0.2, 0.25) is 0 Å². The summed E-state index contributed by atoms with van der Waals surface area (Å²) in [5.41, 5.74) is 0.205. The number of nitrogens with zero attached hydrogens (tertiary/aromatic N) is 2. The highest BCUT2D eigenvalue weighted by molar-refractivity contribution is 5.53. The fraction of sp³-hybridized carbons (Fsp3) is 0.125. The van der Waals surface area contributed by atoms with Gasteiger partial charge in [-0.2, -0.15) is 13.2 Å². The van der Waals surface area contributed by atoms with Crippen LogP contribution in [0.4, 0.5) is 18.9 Å². The number of aromatic nitrogens is 3. The molecule has 2 aromatic heterocycles. The summed E-state index contributed by atoms with van der Waals surface area (Å²) in [6.45, 7) is 0. The summed E-state index contributed by atoms with van der Waals surface area (Å²) in [6, 6.07) is 10.4. The van der Waals surface area contributed by atoms with E-state index in [0.717, 1.165) is 11.9 Å². The third kappa shape index (κ3) is 3.48. The summed E-state index contributed by atoms with van der Waals surface area (Å²) in [5.74, 6) is 1.07. The molecule has 0 radical (unpaired) electrons. The molecular weight excluding hydrogens is 321 g/mol. The molecule has 0 fully saturated rings. The number of alkyl halides is 3. The van der Waals surface area contributed by atoms with E-state index < -0.39 is 11.9 Å². The molecule has 0 aliphatic heterocycles. The number of imidazole rings is 1. The van der Waals surface area contributed by atoms with Crippen molar-refractivity contribution in [2.75, 3.05) is 12.4 Å². The molecule has 24 heavy (non-hydrogen) atoms. The molecule has 0 atom stereocenters. The summed E-state index contributed by atoms with van der Waals surface area (Å²) in [7, 11) is 1.81. The van der Waals surface area contributed by atoms with Crippen molar-refractivity contribution < 1.29 is 17.9 Å². The minimum absolute atomic E-state index is 0.0262. The summed E-state index contributed by atoms with van der Waals surface area (Å²) in [6.07, 6.45) is -2.25. The van der Waals surface area contributed by atoms with Gasteiger partial charge in [0.15, 0.2) is 11.5 Å². The lowest BCUT2D eigenvalue weighted by molar-refractivity contribution is -0.140. The lowest BCUT2D eigenvalue weighted by Crippen LogP contribution is -2.04. The van der Waals surface area contributed by atoms with E-state index in [4.69, 9.17) is 4.74 Å². The third-order valence-corrected chi connectivity index (χ3v) is 3.22. The predicted octanol–water partition coefficient (Wildman–Crippen LogP) is 4.32. The van der Waals surface area contributed by atoms with Gasteiger partial charge in [0.2, 0.25) is 0 Å². The molecule has 0 bridgehead atoms. The maximum Gasteiger partial charge on any atom is 0.434 e. The largest absolute Gasteiger partial charge is 0.457 e. The van der Waals surface area contributed by atoms with Crippen molar-refractivity contribution in [3.05, 3.63) is 54.5 Å². The summed E-state index contributed by atoms with van der Waals surface area (Å²) < 4.78 is 43.5. The Labute approximate surface area is 135 Å².